The number of likely N-dealkylation sites (N-methyl/N-ethyl adjacent to an activating group) is 3. The maximum absolute atomic E-state index is 12.3. The van der Waals surface area contributed by atoms with Crippen LogP contribution < -0.4 is 16.0 Å². The van der Waals surface area contributed by atoms with Crippen LogP contribution in [0.1, 0.15) is 164 Å². The summed E-state index contributed by atoms with van der Waals surface area (Å²) in [5.41, 5.74) is -2.91. The minimum Gasteiger partial charge on any atom is -0.480 e. The van der Waals surface area contributed by atoms with E-state index in [1.54, 1.807) is 18.2 Å². The summed E-state index contributed by atoms with van der Waals surface area (Å²) < 4.78 is 20.0. The Bertz CT molecular complexity index is 2650. The van der Waals surface area contributed by atoms with Gasteiger partial charge in [0.1, 0.15) is 59.1 Å². The van der Waals surface area contributed by atoms with Gasteiger partial charge in [-0.25, -0.2) is 4.79 Å². The summed E-state index contributed by atoms with van der Waals surface area (Å²) in [7, 11) is 8.25. The molecule has 7 N–H and O–H groups in total. The zero-order valence-electron chi connectivity index (χ0n) is 58.1. The average Bonchev–Trinajstić information content (AvgIpc) is 1.59. The second-order valence-corrected chi connectivity index (χ2v) is 28.3. The normalized spacial score (nSPS) is 31.1. The molecule has 532 valence electrons. The number of aliphatic carboxylic acids is 3. The van der Waals surface area contributed by atoms with Gasteiger partial charge in [-0.15, -0.1) is 26.3 Å². The molecule has 10 aliphatic rings. The fourth-order valence-corrected chi connectivity index (χ4v) is 14.5. The zero-order chi connectivity index (χ0) is 70.6. The summed E-state index contributed by atoms with van der Waals surface area (Å²) >= 11 is 0. The Kier molecular flexibility index (Phi) is 30.1. The van der Waals surface area contributed by atoms with Gasteiger partial charge >= 0.3 is 41.8 Å². The highest BCUT2D eigenvalue weighted by Crippen LogP contribution is 2.46. The van der Waals surface area contributed by atoms with Crippen molar-refractivity contribution < 1.29 is 82.5 Å². The number of nitrogens with zero attached hydrogens (tertiary/aromatic N) is 6. The van der Waals surface area contributed by atoms with Gasteiger partial charge in [0.15, 0.2) is 12.5 Å². The van der Waals surface area contributed by atoms with Gasteiger partial charge < -0.3 is 60.2 Å². The molecule has 0 aromatic rings. The number of likely N-dealkylation sites (tertiary alicyclic amines) is 4. The van der Waals surface area contributed by atoms with Crippen LogP contribution in [-0.4, -0.2) is 256 Å². The van der Waals surface area contributed by atoms with Crippen LogP contribution in [0.15, 0.2) is 50.6 Å². The van der Waals surface area contributed by atoms with Crippen LogP contribution in [-0.2, 0) is 62.1 Å². The molecular weight excluding hydrogens is 1210 g/mol. The first-order chi connectivity index (χ1) is 44.1. The van der Waals surface area contributed by atoms with E-state index >= 15 is 0 Å². The maximum atomic E-state index is 12.3. The summed E-state index contributed by atoms with van der Waals surface area (Å²) in [6.45, 7) is 33.3. The van der Waals surface area contributed by atoms with E-state index in [0.29, 0.717) is 38.5 Å². The number of ether oxygens (including phenoxy) is 4. The number of aliphatic hydroxyl groups excluding tert-OH is 1. The number of methoxy groups -OCH3 is 2. The Hall–Kier alpha value is -6.13. The molecule has 10 aliphatic heterocycles. The summed E-state index contributed by atoms with van der Waals surface area (Å²) in [4.78, 5) is 114. The minimum atomic E-state index is -0.887. The van der Waals surface area contributed by atoms with E-state index in [0.717, 1.165) is 129 Å². The molecule has 0 aliphatic carbocycles. The third-order valence-electron chi connectivity index (χ3n) is 19.9. The molecule has 10 heterocycles. The third-order valence-corrected chi connectivity index (χ3v) is 19.9. The predicted molar refractivity (Wildman–Crippen MR) is 353 cm³/mol. The number of hydrogen-bond acceptors (Lipinski definition) is 21. The SMILES string of the molecule is C=CCC12CCCN1[C@@H](C(C)(C)C)OC2=O.C=CC[C@@]1(C(=O)NCC(=O)OC)CCCN1C.C=CC[C@@]1(C(=O)O)CCCN1.C=CC[C@@]1(C(=O)O)CCCN1C.CC(C)(C)[C@H]1OC(=O)C2CCCN21.COC(=O)CN1C(=O)[C@@]2(CCCN2C)CC1O.O=C(O)[C@@H]1CCCN1. The van der Waals surface area contributed by atoms with Gasteiger partial charge in [0, 0.05) is 30.3 Å². The van der Waals surface area contributed by atoms with Crippen LogP contribution in [0, 0.1) is 10.8 Å². The lowest BCUT2D eigenvalue weighted by atomic mass is 9.90. The third kappa shape index (κ3) is 19.1. The highest BCUT2D eigenvalue weighted by atomic mass is 16.6. The molecule has 0 bridgehead atoms. The first-order valence-electron chi connectivity index (χ1n) is 33.2. The van der Waals surface area contributed by atoms with Crippen LogP contribution in [0.5, 0.6) is 0 Å². The molecule has 3 unspecified atom stereocenters. The first-order valence-corrected chi connectivity index (χ1v) is 33.2. The van der Waals surface area contributed by atoms with Crippen molar-refractivity contribution in [3.05, 3.63) is 50.6 Å². The zero-order valence-corrected chi connectivity index (χ0v) is 58.1. The summed E-state index contributed by atoms with van der Waals surface area (Å²) in [6.07, 6.45) is 21.4. The van der Waals surface area contributed by atoms with Crippen molar-refractivity contribution in [2.24, 2.45) is 10.8 Å². The van der Waals surface area contributed by atoms with Crippen molar-refractivity contribution >= 4 is 53.6 Å². The number of rotatable bonds is 16. The lowest BCUT2D eigenvalue weighted by Crippen LogP contribution is -2.54. The van der Waals surface area contributed by atoms with Crippen molar-refractivity contribution in [1.82, 2.24) is 45.3 Å². The Balaban J connectivity index is 0.000000236. The van der Waals surface area contributed by atoms with Crippen LogP contribution >= 0.6 is 0 Å². The van der Waals surface area contributed by atoms with Gasteiger partial charge in [0.05, 0.1) is 14.2 Å². The topological polar surface area (TPSA) is 327 Å². The highest BCUT2D eigenvalue weighted by molar-refractivity contribution is 5.92. The quantitative estimate of drug-likeness (QED) is 0.0614. The first kappa shape index (κ1) is 80.3. The molecule has 2 amide bonds. The molecule has 10 atom stereocenters. The van der Waals surface area contributed by atoms with Gasteiger partial charge in [-0.3, -0.25) is 62.9 Å². The van der Waals surface area contributed by atoms with Crippen LogP contribution in [0.2, 0.25) is 0 Å². The number of esters is 4. The maximum Gasteiger partial charge on any atom is 0.328 e. The van der Waals surface area contributed by atoms with E-state index < -0.39 is 63.8 Å². The number of carboxylic acids is 3. The van der Waals surface area contributed by atoms with Gasteiger partial charge in [-0.05, 0) is 169 Å². The molecule has 10 saturated heterocycles. The van der Waals surface area contributed by atoms with E-state index in [2.05, 4.69) is 103 Å². The van der Waals surface area contributed by atoms with Gasteiger partial charge in [0.25, 0.3) is 0 Å². The number of hydrogen-bond donors (Lipinski definition) is 7. The van der Waals surface area contributed by atoms with E-state index in [9.17, 15) is 48.3 Å². The number of carboxylic acid groups (broad SMARTS) is 3. The van der Waals surface area contributed by atoms with Gasteiger partial charge in [-0.2, -0.15) is 0 Å². The molecule has 26 nitrogen and oxygen atoms in total. The Morgan fingerprint density at radius 3 is 1.66 bits per heavy atom. The van der Waals surface area contributed by atoms with E-state index in [-0.39, 0.29) is 72.2 Å². The van der Waals surface area contributed by atoms with Gasteiger partial charge in [0.2, 0.25) is 11.8 Å². The number of nitrogens with one attached hydrogen (secondary N) is 3. The number of amides is 2. The molecule has 10 fully saturated rings. The predicted octanol–water partition coefficient (Wildman–Crippen LogP) is 4.90. The monoisotopic (exact) mass is 1330 g/mol. The Labute approximate surface area is 557 Å². The summed E-state index contributed by atoms with van der Waals surface area (Å²) in [5.74, 6) is -3.48. The highest BCUT2D eigenvalue weighted by Gasteiger charge is 2.60. The van der Waals surface area contributed by atoms with Gasteiger partial charge in [-0.1, -0.05) is 65.8 Å². The molecule has 0 aromatic heterocycles. The van der Waals surface area contributed by atoms with Crippen LogP contribution in [0.4, 0.5) is 0 Å². The number of carbonyl (C=O) groups is 9. The van der Waals surface area contributed by atoms with Crippen LogP contribution in [0.3, 0.4) is 0 Å². The number of fused-ring (bicyclic) bond motifs is 2. The molecule has 26 heteroatoms. The van der Waals surface area contributed by atoms with Crippen molar-refractivity contribution in [3.63, 3.8) is 0 Å². The van der Waals surface area contributed by atoms with E-state index in [1.807, 2.05) is 41.9 Å². The van der Waals surface area contributed by atoms with Crippen molar-refractivity contribution in [1.29, 1.82) is 0 Å². The van der Waals surface area contributed by atoms with Crippen molar-refractivity contribution in [2.75, 3.05) is 94.3 Å². The number of carbonyl (C=O) groups excluding carboxylic acids is 6. The minimum absolute atomic E-state index is 0.00694. The molecular formula is C68H113N9O17. The van der Waals surface area contributed by atoms with E-state index in [4.69, 9.17) is 24.8 Å². The molecule has 1 spiro atoms. The standard InChI is InChI=1S/C13H21NO2.C12H20N2O3.C11H18N2O4.C10H17NO2.C9H15NO2.C8H13NO2.C5H9NO2/c1-5-7-13-8-6-9-14(13)10(12(2,3)4)16-11(13)15;1-4-6-12(7-5-8-14(12)2)11(16)13-9-10(15)17-3;1-12-5-3-4-11(12)6-8(14)13(10(11)16)7-9(15)17-2;1-10(2,3)9-11-6-4-5-7(11)8(12)13-9;1-3-5-9(8(11)12)6-4-7-10(9)2;1-2-4-8(7(10)11)5-3-6-9-8;7-5(8)4-2-1-3-6-4/h5,10H,1,6-9H2,2-4H3;4H,1,5-9H2,2-3H3,(H,13,16);8,14H,3-7H2,1-2H3;7,9H,4-6H2,1-3H3;3H,1,4-7H2,2H3,(H,11,12);2,9H,1,3-6H2,(H,10,11);4,6H,1-3H2,(H,7,8)/t10-,13?;12-;8?,11-;7?,9-;9-;8-;4-/m1011000/s1. The number of aliphatic hydroxyl groups is 1. The molecule has 10 rings (SSSR count). The second kappa shape index (κ2) is 35.2. The molecule has 94 heavy (non-hydrogen) atoms. The number of cyclic esters (lactones) is 2. The van der Waals surface area contributed by atoms with Crippen LogP contribution in [0.25, 0.3) is 0 Å². The lowest BCUT2D eigenvalue weighted by molar-refractivity contribution is -0.151. The van der Waals surface area contributed by atoms with Crippen molar-refractivity contribution in [3.8, 4) is 0 Å². The molecule has 0 aromatic carbocycles. The average molecular weight is 1330 g/mol. The van der Waals surface area contributed by atoms with E-state index in [1.165, 1.54) is 19.1 Å². The second-order valence-electron chi connectivity index (χ2n) is 28.3. The fraction of sp³-hybridized carbons (Fsp3) is 0.750. The largest absolute Gasteiger partial charge is 0.480 e. The Morgan fingerprint density at radius 1 is 0.638 bits per heavy atom. The lowest BCUT2D eigenvalue weighted by Gasteiger charge is -2.35. The molecule has 0 saturated carbocycles. The Morgan fingerprint density at radius 2 is 1.20 bits per heavy atom. The smallest absolute Gasteiger partial charge is 0.328 e. The summed E-state index contributed by atoms with van der Waals surface area (Å²) in [5, 5.41) is 44.7. The fourth-order valence-electron chi connectivity index (χ4n) is 14.5. The van der Waals surface area contributed by atoms with Crippen molar-refractivity contribution in [2.45, 2.75) is 222 Å². The molecule has 0 radical (unpaired) electrons. The summed E-state index contributed by atoms with van der Waals surface area (Å²) in [6, 6.07) is -0.209.